The maximum atomic E-state index is 13.6. The maximum absolute atomic E-state index is 13.6. The van der Waals surface area contributed by atoms with Crippen LogP contribution in [0.1, 0.15) is 11.5 Å². The van der Waals surface area contributed by atoms with Gasteiger partial charge in [0.05, 0.1) is 6.61 Å². The highest BCUT2D eigenvalue weighted by atomic mass is 79.9. The summed E-state index contributed by atoms with van der Waals surface area (Å²) in [7, 11) is 0. The van der Waals surface area contributed by atoms with E-state index in [2.05, 4.69) is 31.9 Å². The van der Waals surface area contributed by atoms with E-state index in [-0.39, 0.29) is 17.5 Å². The Labute approximate surface area is 129 Å². The molecule has 0 aliphatic rings. The number of halogens is 3. The fourth-order valence-electron chi connectivity index (χ4n) is 1.73. The first-order valence-electron chi connectivity index (χ1n) is 5.89. The summed E-state index contributed by atoms with van der Waals surface area (Å²) in [6, 6.07) is 14.7. The molecular formula is C15H13Br2FO. The Bertz CT molecular complexity index is 531. The Morgan fingerprint density at radius 2 is 1.84 bits per heavy atom. The highest BCUT2D eigenvalue weighted by Crippen LogP contribution is 2.25. The topological polar surface area (TPSA) is 9.23 Å². The number of alkyl halides is 1. The molecule has 0 aliphatic carbocycles. The number of hydrogen-bond donors (Lipinski definition) is 0. The summed E-state index contributed by atoms with van der Waals surface area (Å²) in [5, 5.41) is 0.770. The molecule has 0 bridgehead atoms. The largest absolute Gasteiger partial charge is 0.490 e. The summed E-state index contributed by atoms with van der Waals surface area (Å²) >= 11 is 6.79. The van der Waals surface area contributed by atoms with E-state index in [9.17, 15) is 4.39 Å². The molecule has 1 unspecified atom stereocenters. The van der Waals surface area contributed by atoms with Gasteiger partial charge in [0.25, 0.3) is 0 Å². The van der Waals surface area contributed by atoms with Crippen LogP contribution in [0.4, 0.5) is 4.39 Å². The minimum atomic E-state index is -0.343. The van der Waals surface area contributed by atoms with Crippen LogP contribution in [0.15, 0.2) is 53.0 Å². The molecule has 0 amide bonds. The van der Waals surface area contributed by atoms with Gasteiger partial charge < -0.3 is 4.74 Å². The predicted octanol–water partition coefficient (Wildman–Crippen LogP) is 5.15. The van der Waals surface area contributed by atoms with E-state index in [1.54, 1.807) is 12.1 Å². The van der Waals surface area contributed by atoms with Crippen molar-refractivity contribution in [2.45, 2.75) is 5.92 Å². The lowest BCUT2D eigenvalue weighted by Crippen LogP contribution is -2.12. The molecule has 0 saturated heterocycles. The van der Waals surface area contributed by atoms with Crippen LogP contribution in [0.5, 0.6) is 5.75 Å². The van der Waals surface area contributed by atoms with Gasteiger partial charge in [-0.3, -0.25) is 0 Å². The second-order valence-electron chi connectivity index (χ2n) is 4.15. The highest BCUT2D eigenvalue weighted by Gasteiger charge is 2.12. The molecule has 0 saturated carbocycles. The molecule has 100 valence electrons. The van der Waals surface area contributed by atoms with Crippen molar-refractivity contribution in [2.75, 3.05) is 11.9 Å². The molecule has 0 aliphatic heterocycles. The predicted molar refractivity (Wildman–Crippen MR) is 82.6 cm³/mol. The van der Waals surface area contributed by atoms with Gasteiger partial charge in [-0.15, -0.1) is 0 Å². The molecule has 0 aromatic heterocycles. The Kier molecular flexibility index (Phi) is 5.40. The third kappa shape index (κ3) is 4.05. The van der Waals surface area contributed by atoms with Crippen molar-refractivity contribution >= 4 is 31.9 Å². The monoisotopic (exact) mass is 386 g/mol. The van der Waals surface area contributed by atoms with E-state index in [0.717, 1.165) is 9.80 Å². The summed E-state index contributed by atoms with van der Waals surface area (Å²) < 4.78 is 20.0. The van der Waals surface area contributed by atoms with Crippen LogP contribution in [0.25, 0.3) is 0 Å². The van der Waals surface area contributed by atoms with E-state index in [4.69, 9.17) is 4.74 Å². The molecule has 0 N–H and O–H groups in total. The maximum Gasteiger partial charge on any atom is 0.165 e. The van der Waals surface area contributed by atoms with E-state index in [1.807, 2.05) is 30.3 Å². The lowest BCUT2D eigenvalue weighted by molar-refractivity contribution is 0.284. The van der Waals surface area contributed by atoms with Gasteiger partial charge in [-0.05, 0) is 23.8 Å². The minimum absolute atomic E-state index is 0.194. The fourth-order valence-corrected chi connectivity index (χ4v) is 2.63. The first-order valence-corrected chi connectivity index (χ1v) is 7.81. The second kappa shape index (κ2) is 7.06. The SMILES string of the molecule is Fc1ccc(Br)cc1OCC(CBr)c1ccccc1. The van der Waals surface area contributed by atoms with Gasteiger partial charge in [-0.25, -0.2) is 4.39 Å². The van der Waals surface area contributed by atoms with E-state index in [0.29, 0.717) is 6.61 Å². The lowest BCUT2D eigenvalue weighted by atomic mass is 10.0. The molecular weight excluding hydrogens is 375 g/mol. The van der Waals surface area contributed by atoms with Crippen molar-refractivity contribution in [1.29, 1.82) is 0 Å². The van der Waals surface area contributed by atoms with Gasteiger partial charge in [-0.1, -0.05) is 62.2 Å². The molecule has 2 rings (SSSR count). The Hall–Kier alpha value is -0.870. The summed E-state index contributed by atoms with van der Waals surface area (Å²) in [5.41, 5.74) is 1.18. The van der Waals surface area contributed by atoms with Gasteiger partial charge in [0.15, 0.2) is 11.6 Å². The van der Waals surface area contributed by atoms with Crippen molar-refractivity contribution < 1.29 is 9.13 Å². The van der Waals surface area contributed by atoms with Gasteiger partial charge in [0, 0.05) is 15.7 Å². The number of hydrogen-bond acceptors (Lipinski definition) is 1. The standard InChI is InChI=1S/C15H13Br2FO/c16-9-12(11-4-2-1-3-5-11)10-19-15-8-13(17)6-7-14(15)18/h1-8,12H,9-10H2. The first kappa shape index (κ1) is 14.5. The number of ether oxygens (including phenoxy) is 1. The van der Waals surface area contributed by atoms with Crippen LogP contribution >= 0.6 is 31.9 Å². The number of rotatable bonds is 5. The molecule has 1 atom stereocenters. The van der Waals surface area contributed by atoms with Crippen molar-refractivity contribution in [1.82, 2.24) is 0 Å². The van der Waals surface area contributed by atoms with Crippen LogP contribution in [-0.4, -0.2) is 11.9 Å². The zero-order valence-electron chi connectivity index (χ0n) is 10.2. The minimum Gasteiger partial charge on any atom is -0.490 e. The van der Waals surface area contributed by atoms with Crippen LogP contribution in [0, 0.1) is 5.82 Å². The van der Waals surface area contributed by atoms with Crippen LogP contribution in [0.3, 0.4) is 0 Å². The fraction of sp³-hybridized carbons (Fsp3) is 0.200. The Morgan fingerprint density at radius 3 is 2.53 bits per heavy atom. The highest BCUT2D eigenvalue weighted by molar-refractivity contribution is 9.10. The van der Waals surface area contributed by atoms with Gasteiger partial charge >= 0.3 is 0 Å². The molecule has 4 heteroatoms. The third-order valence-electron chi connectivity index (χ3n) is 2.79. The molecule has 0 radical (unpaired) electrons. The number of benzene rings is 2. The molecule has 1 nitrogen and oxygen atoms in total. The average molecular weight is 388 g/mol. The molecule has 2 aromatic rings. The third-order valence-corrected chi connectivity index (χ3v) is 4.07. The zero-order chi connectivity index (χ0) is 13.7. The van der Waals surface area contributed by atoms with Crippen molar-refractivity contribution in [3.8, 4) is 5.75 Å². The van der Waals surface area contributed by atoms with E-state index >= 15 is 0 Å². The van der Waals surface area contributed by atoms with Gasteiger partial charge in [0.1, 0.15) is 0 Å². The smallest absolute Gasteiger partial charge is 0.165 e. The molecule has 0 spiro atoms. The molecule has 2 aromatic carbocycles. The first-order chi connectivity index (χ1) is 9.20. The average Bonchev–Trinajstić information content (AvgIpc) is 2.44. The van der Waals surface area contributed by atoms with Crippen molar-refractivity contribution in [2.24, 2.45) is 0 Å². The summed E-state index contributed by atoms with van der Waals surface area (Å²) in [6.45, 7) is 0.433. The molecule has 19 heavy (non-hydrogen) atoms. The Balaban J connectivity index is 2.06. The zero-order valence-corrected chi connectivity index (χ0v) is 13.3. The summed E-state index contributed by atoms with van der Waals surface area (Å²) in [4.78, 5) is 0. The summed E-state index contributed by atoms with van der Waals surface area (Å²) in [6.07, 6.45) is 0. The van der Waals surface area contributed by atoms with Gasteiger partial charge in [0.2, 0.25) is 0 Å². The van der Waals surface area contributed by atoms with E-state index in [1.165, 1.54) is 11.6 Å². The van der Waals surface area contributed by atoms with E-state index < -0.39 is 0 Å². The summed E-state index contributed by atoms with van der Waals surface area (Å²) in [5.74, 6) is 0.125. The second-order valence-corrected chi connectivity index (χ2v) is 5.71. The van der Waals surface area contributed by atoms with Gasteiger partial charge in [-0.2, -0.15) is 0 Å². The Morgan fingerprint density at radius 1 is 1.11 bits per heavy atom. The van der Waals surface area contributed by atoms with Crippen LogP contribution in [0.2, 0.25) is 0 Å². The van der Waals surface area contributed by atoms with Crippen molar-refractivity contribution in [3.63, 3.8) is 0 Å². The van der Waals surface area contributed by atoms with Crippen LogP contribution in [-0.2, 0) is 0 Å². The lowest BCUT2D eigenvalue weighted by Gasteiger charge is -2.16. The normalized spacial score (nSPS) is 12.2. The van der Waals surface area contributed by atoms with Crippen molar-refractivity contribution in [3.05, 3.63) is 64.4 Å². The molecule has 0 fully saturated rings. The molecule has 0 heterocycles. The van der Waals surface area contributed by atoms with Crippen LogP contribution < -0.4 is 4.74 Å². The quantitative estimate of drug-likeness (QED) is 0.645.